The van der Waals surface area contributed by atoms with Crippen molar-refractivity contribution in [2.24, 2.45) is 5.92 Å². The highest BCUT2D eigenvalue weighted by atomic mass is 32.1. The molecule has 210 valence electrons. The molecule has 7 aromatic rings. The summed E-state index contributed by atoms with van der Waals surface area (Å²) in [6, 6.07) is 37.8. The van der Waals surface area contributed by atoms with Crippen molar-refractivity contribution in [3.05, 3.63) is 131 Å². The number of fused-ring (bicyclic) bond motifs is 10. The van der Waals surface area contributed by atoms with E-state index in [0.717, 1.165) is 17.7 Å². The summed E-state index contributed by atoms with van der Waals surface area (Å²) in [4.78, 5) is 0. The number of para-hydroxylation sites is 1. The largest absolute Gasteiger partial charge is 0.312 e. The van der Waals surface area contributed by atoms with Crippen LogP contribution in [0.15, 0.2) is 103 Å². The van der Waals surface area contributed by atoms with Gasteiger partial charge in [0.25, 0.3) is 0 Å². The molecule has 2 aliphatic carbocycles. The summed E-state index contributed by atoms with van der Waals surface area (Å²) in [5.41, 5.74) is 13.4. The van der Waals surface area contributed by atoms with E-state index < -0.39 is 0 Å². The topological polar surface area (TPSA) is 28.7 Å². The highest BCUT2D eigenvalue weighted by Crippen LogP contribution is 2.54. The number of thiophene rings is 1. The van der Waals surface area contributed by atoms with Crippen molar-refractivity contribution in [3.8, 4) is 34.0 Å². The second-order valence-corrected chi connectivity index (χ2v) is 14.0. The van der Waals surface area contributed by atoms with Gasteiger partial charge in [0, 0.05) is 47.8 Å². The molecule has 0 saturated heterocycles. The number of aromatic nitrogens is 1. The normalized spacial score (nSPS) is 16.3. The lowest BCUT2D eigenvalue weighted by Crippen LogP contribution is -2.14. The molecule has 0 radical (unpaired) electrons. The van der Waals surface area contributed by atoms with Crippen LogP contribution in [0.3, 0.4) is 0 Å². The molecule has 1 unspecified atom stereocenters. The van der Waals surface area contributed by atoms with Crippen molar-refractivity contribution in [2.45, 2.75) is 32.6 Å². The zero-order chi connectivity index (χ0) is 29.7. The first kappa shape index (κ1) is 25.6. The van der Waals surface area contributed by atoms with Crippen LogP contribution in [0.5, 0.6) is 0 Å². The minimum atomic E-state index is -0.0460. The second-order valence-electron chi connectivity index (χ2n) is 12.9. The molecule has 0 amide bonds. The van der Waals surface area contributed by atoms with Crippen LogP contribution < -0.4 is 0 Å². The van der Waals surface area contributed by atoms with Crippen LogP contribution in [0, 0.1) is 17.2 Å². The zero-order valence-electron chi connectivity index (χ0n) is 25.0. The van der Waals surface area contributed by atoms with Crippen LogP contribution in [-0.2, 0) is 11.8 Å². The average Bonchev–Trinajstić information content (AvgIpc) is 3.65. The number of benzene rings is 5. The van der Waals surface area contributed by atoms with Gasteiger partial charge < -0.3 is 4.57 Å². The van der Waals surface area contributed by atoms with Gasteiger partial charge in [-0.15, -0.1) is 11.3 Å². The van der Waals surface area contributed by atoms with Gasteiger partial charge in [-0.25, -0.2) is 0 Å². The highest BCUT2D eigenvalue weighted by molar-refractivity contribution is 7.26. The van der Waals surface area contributed by atoms with Crippen LogP contribution in [0.4, 0.5) is 0 Å². The number of hydrogen-bond donors (Lipinski definition) is 0. The Bertz CT molecular complexity index is 2420. The van der Waals surface area contributed by atoms with Crippen LogP contribution in [-0.4, -0.2) is 4.57 Å². The molecule has 0 fully saturated rings. The summed E-state index contributed by atoms with van der Waals surface area (Å²) in [7, 11) is 0. The van der Waals surface area contributed by atoms with E-state index in [1.54, 1.807) is 0 Å². The molecule has 2 heterocycles. The van der Waals surface area contributed by atoms with Crippen molar-refractivity contribution < 1.29 is 0 Å². The van der Waals surface area contributed by atoms with Crippen LogP contribution in [0.25, 0.3) is 65.1 Å². The van der Waals surface area contributed by atoms with E-state index in [1.807, 2.05) is 17.4 Å². The fourth-order valence-corrected chi connectivity index (χ4v) is 9.28. The molecule has 3 heteroatoms. The predicted molar refractivity (Wildman–Crippen MR) is 186 cm³/mol. The molecule has 2 aliphatic rings. The molecular weight excluding hydrogens is 553 g/mol. The first-order valence-electron chi connectivity index (χ1n) is 15.4. The van der Waals surface area contributed by atoms with Crippen molar-refractivity contribution in [2.75, 3.05) is 0 Å². The molecule has 2 nitrogen and oxygen atoms in total. The Hall–Kier alpha value is -4.91. The van der Waals surface area contributed by atoms with Crippen molar-refractivity contribution >= 4 is 48.5 Å². The monoisotopic (exact) mass is 582 g/mol. The summed E-state index contributed by atoms with van der Waals surface area (Å²) in [5.74, 6) is 0.457. The Labute approximate surface area is 261 Å². The maximum atomic E-state index is 9.96. The summed E-state index contributed by atoms with van der Waals surface area (Å²) >= 11 is 1.92. The second kappa shape index (κ2) is 9.05. The molecule has 1 atom stereocenters. The van der Waals surface area contributed by atoms with E-state index >= 15 is 0 Å². The maximum Gasteiger partial charge on any atom is 0.0992 e. The number of hydrogen-bond acceptors (Lipinski definition) is 2. The highest BCUT2D eigenvalue weighted by Gasteiger charge is 2.37. The third-order valence-corrected chi connectivity index (χ3v) is 11.2. The molecule has 0 aliphatic heterocycles. The van der Waals surface area contributed by atoms with Crippen molar-refractivity contribution in [1.29, 1.82) is 5.26 Å². The van der Waals surface area contributed by atoms with Crippen LogP contribution >= 0.6 is 11.3 Å². The summed E-state index contributed by atoms with van der Waals surface area (Å²) in [6.07, 6.45) is 5.57. The van der Waals surface area contributed by atoms with Gasteiger partial charge in [0.2, 0.25) is 0 Å². The maximum absolute atomic E-state index is 9.96. The number of nitrogens with zero attached hydrogens (tertiary/aromatic N) is 2. The lowest BCUT2D eigenvalue weighted by molar-refractivity contribution is 0.667. The predicted octanol–water partition coefficient (Wildman–Crippen LogP) is 11.0. The van der Waals surface area contributed by atoms with Gasteiger partial charge in [0.15, 0.2) is 0 Å². The zero-order valence-corrected chi connectivity index (χ0v) is 25.8. The summed E-state index contributed by atoms with van der Waals surface area (Å²) < 4.78 is 5.12. The number of allylic oxidation sites excluding steroid dienone is 1. The van der Waals surface area contributed by atoms with Gasteiger partial charge in [0.1, 0.15) is 0 Å². The first-order valence-corrected chi connectivity index (χ1v) is 16.2. The van der Waals surface area contributed by atoms with Crippen LogP contribution in [0.2, 0.25) is 0 Å². The Morgan fingerprint density at radius 3 is 2.52 bits per heavy atom. The van der Waals surface area contributed by atoms with E-state index in [9.17, 15) is 5.26 Å². The Morgan fingerprint density at radius 1 is 0.818 bits per heavy atom. The van der Waals surface area contributed by atoms with E-state index in [0.29, 0.717) is 11.5 Å². The smallest absolute Gasteiger partial charge is 0.0992 e. The van der Waals surface area contributed by atoms with E-state index in [1.165, 1.54) is 70.1 Å². The fourth-order valence-electron chi connectivity index (χ4n) is 7.89. The van der Waals surface area contributed by atoms with Gasteiger partial charge in [-0.1, -0.05) is 99.7 Å². The first-order chi connectivity index (χ1) is 21.4. The Balaban J connectivity index is 1.29. The molecule has 0 spiro atoms. The molecule has 9 rings (SSSR count). The van der Waals surface area contributed by atoms with Crippen molar-refractivity contribution in [1.82, 2.24) is 4.57 Å². The quantitative estimate of drug-likeness (QED) is 0.199. The Kier molecular flexibility index (Phi) is 5.26. The number of rotatable bonds is 2. The minimum absolute atomic E-state index is 0.0460. The van der Waals surface area contributed by atoms with E-state index in [-0.39, 0.29) is 5.41 Å². The van der Waals surface area contributed by atoms with E-state index in [4.69, 9.17) is 0 Å². The molecular formula is C41H30N2S. The minimum Gasteiger partial charge on any atom is -0.312 e. The molecule has 0 saturated carbocycles. The SMILES string of the molecule is CC1C=Cc2c(n(-c3cc(C#N)ccc3-c3ccc4sc5c6c(ccc5c4c3)-c3ccccc3C6(C)C)c3ccccc23)C1. The molecule has 5 aromatic carbocycles. The third kappa shape index (κ3) is 3.41. The van der Waals surface area contributed by atoms with Gasteiger partial charge >= 0.3 is 0 Å². The van der Waals surface area contributed by atoms with Crippen LogP contribution in [0.1, 0.15) is 48.7 Å². The molecule has 0 bridgehead atoms. The summed E-state index contributed by atoms with van der Waals surface area (Å²) in [5, 5.41) is 13.8. The molecule has 2 aromatic heterocycles. The van der Waals surface area contributed by atoms with Gasteiger partial charge in [-0.2, -0.15) is 5.26 Å². The Morgan fingerprint density at radius 2 is 1.64 bits per heavy atom. The number of nitriles is 1. The third-order valence-electron chi connectivity index (χ3n) is 9.96. The van der Waals surface area contributed by atoms with E-state index in [2.05, 4.69) is 135 Å². The fraction of sp³-hybridized carbons (Fsp3) is 0.146. The average molecular weight is 583 g/mol. The lowest BCUT2D eigenvalue weighted by atomic mass is 9.82. The lowest BCUT2D eigenvalue weighted by Gasteiger charge is -2.22. The summed E-state index contributed by atoms with van der Waals surface area (Å²) in [6.45, 7) is 7.02. The van der Waals surface area contributed by atoms with Gasteiger partial charge in [0.05, 0.1) is 22.8 Å². The molecule has 0 N–H and O–H groups in total. The molecule has 44 heavy (non-hydrogen) atoms. The standard InChI is InChI=1S/C41H30N2S/c1-24-12-15-30-29-9-5-7-11-35(29)43(36(30)20-24)37-21-25(23-42)13-16-27(37)26-14-19-38-33(22-26)32-18-17-31-28-8-4-6-10-34(28)41(2,3)39(31)40(32)44-38/h4-19,21-22,24H,20H2,1-3H3. The van der Waals surface area contributed by atoms with Gasteiger partial charge in [-0.3, -0.25) is 0 Å². The van der Waals surface area contributed by atoms with Gasteiger partial charge in [-0.05, 0) is 70.5 Å². The van der Waals surface area contributed by atoms with Crippen molar-refractivity contribution in [3.63, 3.8) is 0 Å².